The van der Waals surface area contributed by atoms with E-state index in [1.54, 1.807) is 6.92 Å². The highest BCUT2D eigenvalue weighted by atomic mass is 19.1. The number of carbonyl (C=O) groups is 1. The number of carbonyl (C=O) groups excluding carboxylic acids is 1. The molecule has 0 bridgehead atoms. The number of hydrogen-bond acceptors (Lipinski definition) is 2. The van der Waals surface area contributed by atoms with Gasteiger partial charge in [0.25, 0.3) is 0 Å². The molecule has 0 saturated heterocycles. The van der Waals surface area contributed by atoms with E-state index in [1.807, 2.05) is 0 Å². The Balaban J connectivity index is 2.50. The van der Waals surface area contributed by atoms with Crippen LogP contribution in [0.1, 0.15) is 13.3 Å². The van der Waals surface area contributed by atoms with Crippen molar-refractivity contribution in [2.24, 2.45) is 0 Å². The molecule has 1 aromatic rings. The first-order valence-electron chi connectivity index (χ1n) is 5.21. The van der Waals surface area contributed by atoms with Gasteiger partial charge in [-0.1, -0.05) is 6.92 Å². The summed E-state index contributed by atoms with van der Waals surface area (Å²) in [6.45, 7) is 1.84. The summed E-state index contributed by atoms with van der Waals surface area (Å²) >= 11 is 0. The lowest BCUT2D eigenvalue weighted by atomic mass is 10.3. The van der Waals surface area contributed by atoms with Crippen LogP contribution in [-0.2, 0) is 0 Å². The van der Waals surface area contributed by atoms with Gasteiger partial charge in [-0.05, 0) is 18.6 Å². The predicted molar refractivity (Wildman–Crippen MR) is 59.7 cm³/mol. The molecule has 0 aliphatic carbocycles. The summed E-state index contributed by atoms with van der Waals surface area (Å²) in [7, 11) is 0. The lowest BCUT2D eigenvalue weighted by Crippen LogP contribution is -2.35. The van der Waals surface area contributed by atoms with E-state index in [2.05, 4.69) is 10.6 Å². The van der Waals surface area contributed by atoms with Crippen molar-refractivity contribution in [3.8, 4) is 0 Å². The van der Waals surface area contributed by atoms with Crippen molar-refractivity contribution in [2.45, 2.75) is 19.4 Å². The maximum atomic E-state index is 13.1. The smallest absolute Gasteiger partial charge is 0.319 e. The SMILES string of the molecule is CCC(O)CNC(=O)Nc1ccc(F)cc1F. The standard InChI is InChI=1S/C11H14F2N2O2/c1-2-8(16)6-14-11(17)15-10-4-3-7(12)5-9(10)13/h3-5,8,16H,2,6H2,1H3,(H2,14,15,17). The Kier molecular flexibility index (Phi) is 4.84. The van der Waals surface area contributed by atoms with E-state index in [9.17, 15) is 18.7 Å². The predicted octanol–water partition coefficient (Wildman–Crippen LogP) is 1.86. The Hall–Kier alpha value is -1.69. The number of aliphatic hydroxyl groups is 1. The largest absolute Gasteiger partial charge is 0.391 e. The number of halogens is 2. The third-order valence-electron chi connectivity index (χ3n) is 2.15. The van der Waals surface area contributed by atoms with Gasteiger partial charge in [-0.25, -0.2) is 13.6 Å². The van der Waals surface area contributed by atoms with Gasteiger partial charge in [-0.15, -0.1) is 0 Å². The summed E-state index contributed by atoms with van der Waals surface area (Å²) in [5.74, 6) is -1.56. The lowest BCUT2D eigenvalue weighted by molar-refractivity contribution is 0.168. The van der Waals surface area contributed by atoms with Crippen LogP contribution >= 0.6 is 0 Å². The van der Waals surface area contributed by atoms with Gasteiger partial charge in [0.05, 0.1) is 11.8 Å². The minimum atomic E-state index is -0.851. The van der Waals surface area contributed by atoms with Crippen molar-refractivity contribution < 1.29 is 18.7 Å². The molecule has 4 nitrogen and oxygen atoms in total. The number of aliphatic hydroxyl groups excluding tert-OH is 1. The van der Waals surface area contributed by atoms with Crippen molar-refractivity contribution in [2.75, 3.05) is 11.9 Å². The lowest BCUT2D eigenvalue weighted by Gasteiger charge is -2.11. The van der Waals surface area contributed by atoms with Crippen molar-refractivity contribution in [3.05, 3.63) is 29.8 Å². The van der Waals surface area contributed by atoms with Gasteiger partial charge < -0.3 is 15.7 Å². The Morgan fingerprint density at radius 3 is 2.76 bits per heavy atom. The van der Waals surface area contributed by atoms with E-state index in [-0.39, 0.29) is 12.2 Å². The molecule has 1 rings (SSSR count). The summed E-state index contributed by atoms with van der Waals surface area (Å²) in [5.41, 5.74) is -0.116. The third kappa shape index (κ3) is 4.36. The Morgan fingerprint density at radius 2 is 2.18 bits per heavy atom. The van der Waals surface area contributed by atoms with Crippen LogP contribution in [-0.4, -0.2) is 23.8 Å². The summed E-state index contributed by atoms with van der Waals surface area (Å²) in [4.78, 5) is 11.3. The van der Waals surface area contributed by atoms with E-state index < -0.39 is 23.8 Å². The maximum Gasteiger partial charge on any atom is 0.319 e. The number of urea groups is 1. The van der Waals surface area contributed by atoms with E-state index >= 15 is 0 Å². The van der Waals surface area contributed by atoms with Crippen molar-refractivity contribution in [1.29, 1.82) is 0 Å². The molecule has 0 fully saturated rings. The monoisotopic (exact) mass is 244 g/mol. The molecule has 0 aliphatic rings. The zero-order valence-electron chi connectivity index (χ0n) is 9.34. The van der Waals surface area contributed by atoms with Crippen LogP contribution in [0.2, 0.25) is 0 Å². The van der Waals surface area contributed by atoms with Crippen molar-refractivity contribution >= 4 is 11.7 Å². The van der Waals surface area contributed by atoms with Crippen LogP contribution in [0, 0.1) is 11.6 Å². The number of nitrogens with one attached hydrogen (secondary N) is 2. The Bertz CT molecular complexity index is 399. The topological polar surface area (TPSA) is 61.4 Å². The van der Waals surface area contributed by atoms with Gasteiger partial charge >= 0.3 is 6.03 Å². The van der Waals surface area contributed by atoms with Crippen LogP contribution in [0.4, 0.5) is 19.3 Å². The summed E-state index contributed by atoms with van der Waals surface area (Å²) in [6, 6.07) is 2.19. The van der Waals surface area contributed by atoms with Crippen LogP contribution in [0.25, 0.3) is 0 Å². The molecular weight excluding hydrogens is 230 g/mol. The molecule has 0 heterocycles. The first-order valence-corrected chi connectivity index (χ1v) is 5.21. The minimum absolute atomic E-state index is 0.0746. The number of anilines is 1. The molecule has 0 aromatic heterocycles. The average molecular weight is 244 g/mol. The summed E-state index contributed by atoms with van der Waals surface area (Å²) in [5, 5.41) is 13.8. The molecular formula is C11H14F2N2O2. The van der Waals surface area contributed by atoms with Crippen LogP contribution in [0.3, 0.4) is 0 Å². The van der Waals surface area contributed by atoms with Crippen LogP contribution in [0.5, 0.6) is 0 Å². The molecule has 0 radical (unpaired) electrons. The van der Waals surface area contributed by atoms with Gasteiger partial charge in [0, 0.05) is 12.6 Å². The molecule has 6 heteroatoms. The average Bonchev–Trinajstić information content (AvgIpc) is 2.29. The molecule has 1 atom stereocenters. The van der Waals surface area contributed by atoms with Crippen LogP contribution in [0.15, 0.2) is 18.2 Å². The molecule has 0 saturated carbocycles. The van der Waals surface area contributed by atoms with Gasteiger partial charge in [-0.2, -0.15) is 0 Å². The first kappa shape index (κ1) is 13.4. The van der Waals surface area contributed by atoms with Gasteiger partial charge in [0.1, 0.15) is 11.6 Å². The highest BCUT2D eigenvalue weighted by molar-refractivity contribution is 5.89. The molecule has 1 unspecified atom stereocenters. The zero-order valence-corrected chi connectivity index (χ0v) is 9.34. The molecule has 0 spiro atoms. The van der Waals surface area contributed by atoms with Crippen molar-refractivity contribution in [1.82, 2.24) is 5.32 Å². The molecule has 2 amide bonds. The van der Waals surface area contributed by atoms with E-state index in [4.69, 9.17) is 0 Å². The van der Waals surface area contributed by atoms with Gasteiger partial charge in [0.2, 0.25) is 0 Å². The fourth-order valence-corrected chi connectivity index (χ4v) is 1.11. The molecule has 0 aliphatic heterocycles. The molecule has 17 heavy (non-hydrogen) atoms. The fourth-order valence-electron chi connectivity index (χ4n) is 1.11. The highest BCUT2D eigenvalue weighted by Crippen LogP contribution is 2.14. The summed E-state index contributed by atoms with van der Waals surface area (Å²) in [6.07, 6.45) is -0.135. The molecule has 3 N–H and O–H groups in total. The van der Waals surface area contributed by atoms with E-state index in [0.717, 1.165) is 12.1 Å². The highest BCUT2D eigenvalue weighted by Gasteiger charge is 2.08. The molecule has 1 aromatic carbocycles. The molecule has 94 valence electrons. The van der Waals surface area contributed by atoms with Gasteiger partial charge in [-0.3, -0.25) is 0 Å². The van der Waals surface area contributed by atoms with Crippen molar-refractivity contribution in [3.63, 3.8) is 0 Å². The number of benzene rings is 1. The quantitative estimate of drug-likeness (QED) is 0.757. The number of rotatable bonds is 4. The van der Waals surface area contributed by atoms with Crippen LogP contribution < -0.4 is 10.6 Å². The Morgan fingerprint density at radius 1 is 1.47 bits per heavy atom. The third-order valence-corrected chi connectivity index (χ3v) is 2.15. The fraction of sp³-hybridized carbons (Fsp3) is 0.364. The maximum absolute atomic E-state index is 13.1. The summed E-state index contributed by atoms with van der Waals surface area (Å²) < 4.78 is 25.7. The number of amides is 2. The second-order valence-electron chi connectivity index (χ2n) is 3.52. The minimum Gasteiger partial charge on any atom is -0.391 e. The van der Waals surface area contributed by atoms with E-state index in [1.165, 1.54) is 0 Å². The zero-order chi connectivity index (χ0) is 12.8. The second kappa shape index (κ2) is 6.15. The second-order valence-corrected chi connectivity index (χ2v) is 3.52. The normalized spacial score (nSPS) is 12.0. The van der Waals surface area contributed by atoms with E-state index in [0.29, 0.717) is 12.5 Å². The van der Waals surface area contributed by atoms with Gasteiger partial charge in [0.15, 0.2) is 0 Å². The number of hydrogen-bond donors (Lipinski definition) is 3. The first-order chi connectivity index (χ1) is 8.02. The Labute approximate surface area is 97.6 Å².